The maximum Gasteiger partial charge on any atom is 0.410 e. The molecule has 178 valence electrons. The quantitative estimate of drug-likeness (QED) is 0.528. The Morgan fingerprint density at radius 3 is 2.44 bits per heavy atom. The van der Waals surface area contributed by atoms with Crippen molar-refractivity contribution >= 4 is 11.8 Å². The Labute approximate surface area is 201 Å². The molecule has 1 aliphatic heterocycles. The number of hydrogen-bond acceptors (Lipinski definition) is 6. The number of carbonyl (C=O) groups excluding carboxylic acids is 1. The first-order valence-corrected chi connectivity index (χ1v) is 11.6. The highest BCUT2D eigenvalue weighted by Crippen LogP contribution is 2.30. The van der Waals surface area contributed by atoms with E-state index in [1.807, 2.05) is 82.4 Å². The molecule has 0 N–H and O–H groups in total. The van der Waals surface area contributed by atoms with Crippen LogP contribution >= 0.6 is 0 Å². The van der Waals surface area contributed by atoms with Gasteiger partial charge in [0, 0.05) is 43.8 Å². The summed E-state index contributed by atoms with van der Waals surface area (Å²) in [4.78, 5) is 25.6. The fourth-order valence-electron chi connectivity index (χ4n) is 3.80. The van der Waals surface area contributed by atoms with E-state index in [0.29, 0.717) is 25.6 Å². The van der Waals surface area contributed by atoms with Crippen LogP contribution in [0.15, 0.2) is 60.8 Å². The Morgan fingerprint density at radius 2 is 1.74 bits per heavy atom. The van der Waals surface area contributed by atoms with Crippen LogP contribution < -0.4 is 9.64 Å². The molecule has 3 heterocycles. The zero-order chi connectivity index (χ0) is 24.1. The lowest BCUT2D eigenvalue weighted by molar-refractivity contribution is 0.0240. The molecule has 0 bridgehead atoms. The highest BCUT2D eigenvalue weighted by Gasteiger charge is 2.26. The van der Waals surface area contributed by atoms with Crippen LogP contribution in [-0.4, -0.2) is 52.7 Å². The summed E-state index contributed by atoms with van der Waals surface area (Å²) in [7, 11) is 0. The molecule has 1 saturated heterocycles. The largest absolute Gasteiger partial charge is 0.472 e. The summed E-state index contributed by atoms with van der Waals surface area (Å²) in [5.41, 5.74) is 4.21. The van der Waals surface area contributed by atoms with E-state index in [9.17, 15) is 4.79 Å². The molecule has 1 aromatic carbocycles. The van der Waals surface area contributed by atoms with Crippen molar-refractivity contribution in [2.75, 3.05) is 31.1 Å². The lowest BCUT2D eigenvalue weighted by atomic mass is 10.1. The molecule has 1 fully saturated rings. The molecular weight excluding hydrogens is 428 g/mol. The van der Waals surface area contributed by atoms with Crippen LogP contribution in [0, 0.1) is 6.92 Å². The van der Waals surface area contributed by atoms with E-state index in [1.54, 1.807) is 4.90 Å². The minimum Gasteiger partial charge on any atom is -0.472 e. The number of benzene rings is 1. The predicted molar refractivity (Wildman–Crippen MR) is 133 cm³/mol. The molecular formula is C27H32N4O3. The van der Waals surface area contributed by atoms with Crippen molar-refractivity contribution in [1.29, 1.82) is 0 Å². The minimum atomic E-state index is -0.490. The third-order valence-corrected chi connectivity index (χ3v) is 5.53. The van der Waals surface area contributed by atoms with Crippen LogP contribution in [0.25, 0.3) is 11.3 Å². The van der Waals surface area contributed by atoms with Gasteiger partial charge in [0.2, 0.25) is 5.88 Å². The molecule has 1 aliphatic rings. The van der Waals surface area contributed by atoms with E-state index < -0.39 is 5.60 Å². The summed E-state index contributed by atoms with van der Waals surface area (Å²) >= 11 is 0. The topological polar surface area (TPSA) is 67.8 Å². The van der Waals surface area contributed by atoms with Crippen LogP contribution in [-0.2, 0) is 11.3 Å². The van der Waals surface area contributed by atoms with Gasteiger partial charge in [0.15, 0.2) is 0 Å². The van der Waals surface area contributed by atoms with Crippen molar-refractivity contribution < 1.29 is 14.3 Å². The van der Waals surface area contributed by atoms with Gasteiger partial charge >= 0.3 is 6.09 Å². The number of rotatable bonds is 5. The van der Waals surface area contributed by atoms with E-state index in [2.05, 4.69) is 20.9 Å². The maximum absolute atomic E-state index is 12.4. The Bertz CT molecular complexity index is 1120. The molecule has 0 radical (unpaired) electrons. The Balaban J connectivity index is 1.47. The van der Waals surface area contributed by atoms with Crippen LogP contribution in [0.1, 0.15) is 32.0 Å². The molecule has 0 atom stereocenters. The predicted octanol–water partition coefficient (Wildman–Crippen LogP) is 5.09. The molecule has 3 aromatic rings. The normalized spacial score (nSPS) is 14.1. The molecule has 34 heavy (non-hydrogen) atoms. The number of anilines is 1. The van der Waals surface area contributed by atoms with E-state index in [4.69, 9.17) is 9.47 Å². The van der Waals surface area contributed by atoms with Crippen molar-refractivity contribution in [2.24, 2.45) is 0 Å². The van der Waals surface area contributed by atoms with Gasteiger partial charge in [-0.15, -0.1) is 0 Å². The minimum absolute atomic E-state index is 0.256. The molecule has 0 unspecified atom stereocenters. The Kier molecular flexibility index (Phi) is 7.01. The van der Waals surface area contributed by atoms with E-state index in [0.717, 1.165) is 41.3 Å². The summed E-state index contributed by atoms with van der Waals surface area (Å²) in [6.45, 7) is 10.7. The lowest BCUT2D eigenvalue weighted by Crippen LogP contribution is -2.50. The van der Waals surface area contributed by atoms with Crippen molar-refractivity contribution in [3.8, 4) is 17.1 Å². The molecule has 0 spiro atoms. The number of pyridine rings is 2. The van der Waals surface area contributed by atoms with E-state index in [1.165, 1.54) is 0 Å². The molecule has 4 rings (SSSR count). The number of hydrogen-bond donors (Lipinski definition) is 0. The SMILES string of the molecule is Cc1ccc(-c2cc(N3CCN(C(=O)OC(C)(C)C)CC3)ccn2)c(OCc2ccccc2)n1. The van der Waals surface area contributed by atoms with Gasteiger partial charge in [-0.1, -0.05) is 30.3 Å². The first-order valence-electron chi connectivity index (χ1n) is 11.6. The fourth-order valence-corrected chi connectivity index (χ4v) is 3.80. The van der Waals surface area contributed by atoms with Gasteiger partial charge in [-0.3, -0.25) is 4.98 Å². The highest BCUT2D eigenvalue weighted by atomic mass is 16.6. The monoisotopic (exact) mass is 460 g/mol. The third-order valence-electron chi connectivity index (χ3n) is 5.53. The van der Waals surface area contributed by atoms with Crippen molar-refractivity contribution in [2.45, 2.75) is 39.9 Å². The third kappa shape index (κ3) is 6.04. The second-order valence-electron chi connectivity index (χ2n) is 9.43. The van der Waals surface area contributed by atoms with Gasteiger partial charge in [-0.2, -0.15) is 0 Å². The number of ether oxygens (including phenoxy) is 2. The Hall–Kier alpha value is -3.61. The van der Waals surface area contributed by atoms with Gasteiger partial charge in [0.1, 0.15) is 12.2 Å². The molecule has 2 aromatic heterocycles. The number of piperazine rings is 1. The number of aryl methyl sites for hydroxylation is 1. The average Bonchev–Trinajstić information content (AvgIpc) is 2.82. The van der Waals surface area contributed by atoms with Gasteiger partial charge in [-0.25, -0.2) is 9.78 Å². The Morgan fingerprint density at radius 1 is 1.00 bits per heavy atom. The zero-order valence-electron chi connectivity index (χ0n) is 20.3. The van der Waals surface area contributed by atoms with Gasteiger partial charge < -0.3 is 19.3 Å². The van der Waals surface area contributed by atoms with E-state index in [-0.39, 0.29) is 6.09 Å². The highest BCUT2D eigenvalue weighted by molar-refractivity contribution is 5.70. The average molecular weight is 461 g/mol. The molecule has 7 heteroatoms. The van der Waals surface area contributed by atoms with Crippen LogP contribution in [0.5, 0.6) is 5.88 Å². The van der Waals surface area contributed by atoms with Crippen LogP contribution in [0.4, 0.5) is 10.5 Å². The van der Waals surface area contributed by atoms with Crippen molar-refractivity contribution in [1.82, 2.24) is 14.9 Å². The van der Waals surface area contributed by atoms with Crippen molar-refractivity contribution in [3.63, 3.8) is 0 Å². The second-order valence-corrected chi connectivity index (χ2v) is 9.43. The van der Waals surface area contributed by atoms with Gasteiger partial charge in [0.05, 0.1) is 11.3 Å². The number of carbonyl (C=O) groups is 1. The van der Waals surface area contributed by atoms with Gasteiger partial charge in [-0.05, 0) is 57.5 Å². The smallest absolute Gasteiger partial charge is 0.410 e. The van der Waals surface area contributed by atoms with Crippen LogP contribution in [0.3, 0.4) is 0 Å². The van der Waals surface area contributed by atoms with Crippen molar-refractivity contribution in [3.05, 3.63) is 72.1 Å². The number of amides is 1. The standard InChI is InChI=1S/C27H32N4O3/c1-20-10-11-23(25(29-20)33-19-21-8-6-5-7-9-21)24-18-22(12-13-28-24)30-14-16-31(17-15-30)26(32)34-27(2,3)4/h5-13,18H,14-17,19H2,1-4H3. The number of aromatic nitrogens is 2. The molecule has 1 amide bonds. The lowest BCUT2D eigenvalue weighted by Gasteiger charge is -2.36. The summed E-state index contributed by atoms with van der Waals surface area (Å²) in [6.07, 6.45) is 1.56. The second kappa shape index (κ2) is 10.1. The van der Waals surface area contributed by atoms with Gasteiger partial charge in [0.25, 0.3) is 0 Å². The van der Waals surface area contributed by atoms with Crippen LogP contribution in [0.2, 0.25) is 0 Å². The maximum atomic E-state index is 12.4. The number of nitrogens with zero attached hydrogens (tertiary/aromatic N) is 4. The first-order chi connectivity index (χ1) is 16.3. The molecule has 0 aliphatic carbocycles. The summed E-state index contributed by atoms with van der Waals surface area (Å²) in [5.74, 6) is 0.572. The summed E-state index contributed by atoms with van der Waals surface area (Å²) in [6, 6.07) is 18.1. The fraction of sp³-hybridized carbons (Fsp3) is 0.370. The van der Waals surface area contributed by atoms with E-state index >= 15 is 0 Å². The molecule has 7 nitrogen and oxygen atoms in total. The summed E-state index contributed by atoms with van der Waals surface area (Å²) in [5, 5.41) is 0. The molecule has 0 saturated carbocycles. The first kappa shape index (κ1) is 23.5. The zero-order valence-corrected chi connectivity index (χ0v) is 20.3. The summed E-state index contributed by atoms with van der Waals surface area (Å²) < 4.78 is 11.6.